The number of nitrogen functional groups attached to an aromatic ring is 1. The van der Waals surface area contributed by atoms with E-state index < -0.39 is 10.0 Å². The molecule has 2 heterocycles. The van der Waals surface area contributed by atoms with Crippen LogP contribution in [-0.4, -0.2) is 61.7 Å². The van der Waals surface area contributed by atoms with Crippen LogP contribution in [0.1, 0.15) is 31.2 Å². The lowest BCUT2D eigenvalue weighted by molar-refractivity contribution is -0.114. The molecule has 4 rings (SSSR count). The number of benzene rings is 2. The topological polar surface area (TPSA) is 139 Å². The smallest absolute Gasteiger partial charge is 0.324 e. The number of amidine groups is 1. The highest BCUT2D eigenvalue weighted by Crippen LogP contribution is 2.28. The minimum Gasteiger partial charge on any atom is -0.399 e. The maximum atomic E-state index is 13.5. The van der Waals surface area contributed by atoms with Crippen molar-refractivity contribution in [2.24, 2.45) is 5.73 Å². The Morgan fingerprint density at radius 3 is 2.30 bits per heavy atom. The summed E-state index contributed by atoms with van der Waals surface area (Å²) in [6, 6.07) is 13.6. The van der Waals surface area contributed by atoms with Crippen molar-refractivity contribution in [2.75, 3.05) is 36.8 Å². The largest absolute Gasteiger partial charge is 0.399 e. The van der Waals surface area contributed by atoms with E-state index in [2.05, 4.69) is 0 Å². The lowest BCUT2D eigenvalue weighted by Crippen LogP contribution is -2.52. The number of carbonyl (C=O) groups is 1. The average Bonchev–Trinajstić information content (AvgIpc) is 3.01. The number of nitrogens with zero attached hydrogens (tertiary/aromatic N) is 3. The first-order valence-electron chi connectivity index (χ1n) is 11.2. The van der Waals surface area contributed by atoms with Crippen molar-refractivity contribution < 1.29 is 18.6 Å². The molecule has 176 valence electrons. The lowest BCUT2D eigenvalue weighted by atomic mass is 10.0. The monoisotopic (exact) mass is 471 g/mol. The van der Waals surface area contributed by atoms with Gasteiger partial charge >= 0.3 is 6.03 Å². The van der Waals surface area contributed by atoms with Gasteiger partial charge in [0.15, 0.2) is 0 Å². The Morgan fingerprint density at radius 1 is 0.970 bits per heavy atom. The fraction of sp³-hybridized carbons (Fsp3) is 0.391. The van der Waals surface area contributed by atoms with E-state index >= 15 is 0 Å². The summed E-state index contributed by atoms with van der Waals surface area (Å²) in [6.07, 6.45) is 2.98. The molecular weight excluding hydrogens is 440 g/mol. The van der Waals surface area contributed by atoms with E-state index in [4.69, 9.17) is 16.9 Å². The minimum atomic E-state index is -3.58. The predicted molar refractivity (Wildman–Crippen MR) is 128 cm³/mol. The third-order valence-corrected chi connectivity index (χ3v) is 8.29. The molecule has 2 fully saturated rings. The van der Waals surface area contributed by atoms with Gasteiger partial charge in [-0.2, -0.15) is 4.31 Å². The normalized spacial score (nSPS) is 18.8. The fourth-order valence-corrected chi connectivity index (χ4v) is 5.98. The zero-order valence-electron chi connectivity index (χ0n) is 18.6. The van der Waals surface area contributed by atoms with E-state index in [1.54, 1.807) is 17.0 Å². The van der Waals surface area contributed by atoms with E-state index in [1.807, 2.05) is 29.2 Å². The number of rotatable bonds is 5. The number of urea groups is 1. The molecule has 0 spiro atoms. The van der Waals surface area contributed by atoms with Gasteiger partial charge in [-0.05, 0) is 68.1 Å². The Kier molecular flexibility index (Phi) is 6.57. The SMILES string of the molecule is NC(=[NH2+])c1cccc(N2CCCCN(C3CCN(S(=O)(=O)c4ccc(N)cc4)CC3)C2=O)c1. The number of carbonyl (C=O) groups excluding carboxylic acids is 1. The Balaban J connectivity index is 1.47. The molecule has 10 heteroatoms. The second kappa shape index (κ2) is 9.40. The van der Waals surface area contributed by atoms with Crippen LogP contribution in [0.25, 0.3) is 0 Å². The highest BCUT2D eigenvalue weighted by molar-refractivity contribution is 7.89. The van der Waals surface area contributed by atoms with E-state index in [0.717, 1.165) is 18.5 Å². The van der Waals surface area contributed by atoms with Crippen LogP contribution in [0.15, 0.2) is 53.4 Å². The molecule has 0 saturated carbocycles. The van der Waals surface area contributed by atoms with Gasteiger partial charge in [-0.15, -0.1) is 0 Å². The van der Waals surface area contributed by atoms with Crippen molar-refractivity contribution in [3.8, 4) is 0 Å². The average molecular weight is 472 g/mol. The highest BCUT2D eigenvalue weighted by Gasteiger charge is 2.35. The first kappa shape index (κ1) is 23.1. The Morgan fingerprint density at radius 2 is 1.64 bits per heavy atom. The van der Waals surface area contributed by atoms with Crippen LogP contribution in [0.5, 0.6) is 0 Å². The van der Waals surface area contributed by atoms with E-state index in [9.17, 15) is 13.2 Å². The van der Waals surface area contributed by atoms with E-state index in [0.29, 0.717) is 50.3 Å². The Hall–Kier alpha value is -3.11. The second-order valence-electron chi connectivity index (χ2n) is 8.54. The molecule has 0 bridgehead atoms. The lowest BCUT2D eigenvalue weighted by Gasteiger charge is -2.39. The summed E-state index contributed by atoms with van der Waals surface area (Å²) in [5.41, 5.74) is 13.4. The third-order valence-electron chi connectivity index (χ3n) is 6.38. The number of amides is 2. The molecule has 2 saturated heterocycles. The van der Waals surface area contributed by atoms with Gasteiger partial charge in [-0.1, -0.05) is 6.07 Å². The van der Waals surface area contributed by atoms with Gasteiger partial charge in [-0.3, -0.25) is 16.0 Å². The summed E-state index contributed by atoms with van der Waals surface area (Å²) in [7, 11) is -3.58. The first-order valence-corrected chi connectivity index (χ1v) is 12.6. The Bertz CT molecular complexity index is 1130. The van der Waals surface area contributed by atoms with Crippen LogP contribution in [0.4, 0.5) is 16.2 Å². The first-order chi connectivity index (χ1) is 15.8. The molecule has 0 atom stereocenters. The van der Waals surface area contributed by atoms with Gasteiger partial charge in [0.2, 0.25) is 10.0 Å². The van der Waals surface area contributed by atoms with Gasteiger partial charge in [0.1, 0.15) is 0 Å². The van der Waals surface area contributed by atoms with Gasteiger partial charge in [-0.25, -0.2) is 13.2 Å². The number of sulfonamides is 1. The standard InChI is InChI=1S/C23H30N6O3S/c24-18-6-8-21(9-7-18)33(31,32)27-14-10-19(11-15-27)28-12-1-2-13-29(23(28)30)20-5-3-4-17(16-20)22(25)26/h3-9,16,19H,1-2,10-15,24H2,(H3,25,26)/p+1. The summed E-state index contributed by atoms with van der Waals surface area (Å²) < 4.78 is 27.5. The molecule has 2 aliphatic heterocycles. The molecule has 2 aromatic rings. The van der Waals surface area contributed by atoms with Crippen LogP contribution >= 0.6 is 0 Å². The van der Waals surface area contributed by atoms with Gasteiger partial charge in [0.05, 0.1) is 10.5 Å². The van der Waals surface area contributed by atoms with E-state index in [-0.39, 0.29) is 22.8 Å². The molecule has 0 aliphatic carbocycles. The zero-order chi connectivity index (χ0) is 23.6. The van der Waals surface area contributed by atoms with Crippen LogP contribution in [0.3, 0.4) is 0 Å². The predicted octanol–water partition coefficient (Wildman–Crippen LogP) is 0.609. The summed E-state index contributed by atoms with van der Waals surface area (Å²) in [6.45, 7) is 2.02. The molecule has 2 aliphatic rings. The highest BCUT2D eigenvalue weighted by atomic mass is 32.2. The van der Waals surface area contributed by atoms with Gasteiger partial charge in [0, 0.05) is 43.6 Å². The molecule has 2 aromatic carbocycles. The number of nitrogens with two attached hydrogens (primary N) is 3. The molecule has 9 nitrogen and oxygen atoms in total. The van der Waals surface area contributed by atoms with Crippen LogP contribution in [0, 0.1) is 0 Å². The third kappa shape index (κ3) is 4.81. The summed E-state index contributed by atoms with van der Waals surface area (Å²) >= 11 is 0. The maximum absolute atomic E-state index is 13.5. The van der Waals surface area contributed by atoms with Gasteiger partial charge < -0.3 is 10.6 Å². The summed E-state index contributed by atoms with van der Waals surface area (Å²) in [5, 5.41) is 5.74. The summed E-state index contributed by atoms with van der Waals surface area (Å²) in [5.74, 6) is 0.214. The number of hydrogen-bond acceptors (Lipinski definition) is 4. The number of hydrogen-bond donors (Lipinski definition) is 3. The second-order valence-corrected chi connectivity index (χ2v) is 10.5. The van der Waals surface area contributed by atoms with Crippen molar-refractivity contribution in [3.63, 3.8) is 0 Å². The van der Waals surface area contributed by atoms with Gasteiger partial charge in [0.25, 0.3) is 5.84 Å². The molecule has 0 radical (unpaired) electrons. The molecule has 33 heavy (non-hydrogen) atoms. The maximum Gasteiger partial charge on any atom is 0.324 e. The van der Waals surface area contributed by atoms with Crippen molar-refractivity contribution in [2.45, 2.75) is 36.6 Å². The van der Waals surface area contributed by atoms with Crippen molar-refractivity contribution in [1.82, 2.24) is 9.21 Å². The summed E-state index contributed by atoms with van der Waals surface area (Å²) in [4.78, 5) is 17.4. The van der Waals surface area contributed by atoms with Crippen LogP contribution < -0.4 is 21.8 Å². The van der Waals surface area contributed by atoms with E-state index in [1.165, 1.54) is 16.4 Å². The molecule has 6 N–H and O–H groups in total. The number of piperidine rings is 1. The van der Waals surface area contributed by atoms with Crippen LogP contribution in [0.2, 0.25) is 0 Å². The Labute approximate surface area is 194 Å². The quantitative estimate of drug-likeness (QED) is 0.333. The molecular formula is C23H31N6O3S+. The number of anilines is 2. The molecule has 0 aromatic heterocycles. The van der Waals surface area contributed by atoms with Crippen molar-refractivity contribution >= 4 is 33.3 Å². The zero-order valence-corrected chi connectivity index (χ0v) is 19.4. The van der Waals surface area contributed by atoms with Crippen LogP contribution in [-0.2, 0) is 10.0 Å². The fourth-order valence-electron chi connectivity index (χ4n) is 4.51. The van der Waals surface area contributed by atoms with Crippen molar-refractivity contribution in [3.05, 3.63) is 54.1 Å². The molecule has 0 unspecified atom stereocenters. The molecule has 2 amide bonds. The minimum absolute atomic E-state index is 0.00899. The van der Waals surface area contributed by atoms with Crippen molar-refractivity contribution in [1.29, 1.82) is 0 Å².